The highest BCUT2D eigenvalue weighted by molar-refractivity contribution is 6.31. The van der Waals surface area contributed by atoms with Gasteiger partial charge in [-0.1, -0.05) is 32.4 Å². The van der Waals surface area contributed by atoms with Gasteiger partial charge in [-0.2, -0.15) is 5.26 Å². The number of nitrogens with zero attached hydrogens (tertiary/aromatic N) is 1. The zero-order valence-corrected chi connectivity index (χ0v) is 22.3. The lowest BCUT2D eigenvalue weighted by Gasteiger charge is -2.27. The third kappa shape index (κ3) is 6.70. The lowest BCUT2D eigenvalue weighted by molar-refractivity contribution is -0.125. The van der Waals surface area contributed by atoms with E-state index in [4.69, 9.17) is 16.3 Å². The largest absolute Gasteiger partial charge is 0.496 e. The first-order valence-corrected chi connectivity index (χ1v) is 12.3. The Morgan fingerprint density at radius 1 is 1.28 bits per heavy atom. The molecule has 0 bridgehead atoms. The van der Waals surface area contributed by atoms with Crippen molar-refractivity contribution in [2.24, 2.45) is 11.3 Å². The fraction of sp³-hybridized carbons (Fsp3) is 0.538. The molecule has 1 saturated heterocycles. The number of hydrogen-bond acceptors (Lipinski definition) is 5. The van der Waals surface area contributed by atoms with Crippen LogP contribution in [0.25, 0.3) is 10.9 Å². The van der Waals surface area contributed by atoms with E-state index in [9.17, 15) is 19.6 Å². The molecular weight excluding hydrogens is 482 g/mol. The van der Waals surface area contributed by atoms with Crippen LogP contribution in [0.5, 0.6) is 5.75 Å². The zero-order chi connectivity index (χ0) is 26.8. The van der Waals surface area contributed by atoms with Gasteiger partial charge in [-0.25, -0.2) is 0 Å². The summed E-state index contributed by atoms with van der Waals surface area (Å²) >= 11 is 6.13. The van der Waals surface area contributed by atoms with Gasteiger partial charge in [0.2, 0.25) is 11.8 Å². The van der Waals surface area contributed by atoms with E-state index < -0.39 is 23.9 Å². The van der Waals surface area contributed by atoms with Crippen molar-refractivity contribution < 1.29 is 19.1 Å². The van der Waals surface area contributed by atoms with Crippen molar-refractivity contribution in [3.05, 3.63) is 28.9 Å². The average Bonchev–Trinajstić information content (AvgIpc) is 3.30. The molecule has 4 N–H and O–H groups in total. The van der Waals surface area contributed by atoms with Crippen molar-refractivity contribution in [1.82, 2.24) is 20.9 Å². The predicted molar refractivity (Wildman–Crippen MR) is 138 cm³/mol. The van der Waals surface area contributed by atoms with Gasteiger partial charge in [0.1, 0.15) is 23.5 Å². The molecule has 1 aromatic carbocycles. The summed E-state index contributed by atoms with van der Waals surface area (Å²) in [7, 11) is 1.52. The smallest absolute Gasteiger partial charge is 0.268 e. The number of ether oxygens (including phenoxy) is 1. The molecule has 0 saturated carbocycles. The van der Waals surface area contributed by atoms with Crippen LogP contribution in [0.3, 0.4) is 0 Å². The van der Waals surface area contributed by atoms with E-state index in [1.54, 1.807) is 18.2 Å². The number of hydrogen-bond donors (Lipinski definition) is 4. The number of halogens is 1. The van der Waals surface area contributed by atoms with E-state index in [2.05, 4.69) is 27.0 Å². The molecule has 3 rings (SSSR count). The molecule has 0 radical (unpaired) electrons. The molecule has 1 aliphatic heterocycles. The Morgan fingerprint density at radius 3 is 2.53 bits per heavy atom. The second kappa shape index (κ2) is 10.4. The first-order valence-electron chi connectivity index (χ1n) is 11.9. The number of fused-ring (bicyclic) bond motifs is 1. The lowest BCUT2D eigenvalue weighted by Crippen LogP contribution is -2.51. The highest BCUT2D eigenvalue weighted by atomic mass is 35.5. The summed E-state index contributed by atoms with van der Waals surface area (Å²) in [4.78, 5) is 41.7. The number of nitriles is 1. The Kier molecular flexibility index (Phi) is 7.89. The first kappa shape index (κ1) is 27.3. The summed E-state index contributed by atoms with van der Waals surface area (Å²) in [5.74, 6) is -0.914. The predicted octanol–water partition coefficient (Wildman–Crippen LogP) is 3.68. The molecule has 0 spiro atoms. The van der Waals surface area contributed by atoms with Crippen LogP contribution in [0.4, 0.5) is 0 Å². The Hall–Kier alpha value is -3.25. The van der Waals surface area contributed by atoms with Crippen LogP contribution < -0.4 is 20.7 Å². The van der Waals surface area contributed by atoms with Crippen LogP contribution in [0.1, 0.15) is 64.4 Å². The maximum Gasteiger partial charge on any atom is 0.268 e. The minimum atomic E-state index is -0.890. The van der Waals surface area contributed by atoms with Gasteiger partial charge in [-0.15, -0.1) is 0 Å². The lowest BCUT2D eigenvalue weighted by atomic mass is 9.87. The molecule has 1 aromatic heterocycles. The van der Waals surface area contributed by atoms with Gasteiger partial charge < -0.3 is 25.7 Å². The number of rotatable bonds is 8. The minimum absolute atomic E-state index is 0.122. The molecule has 2 aromatic rings. The monoisotopic (exact) mass is 515 g/mol. The van der Waals surface area contributed by atoms with Crippen LogP contribution >= 0.6 is 11.6 Å². The summed E-state index contributed by atoms with van der Waals surface area (Å²) < 4.78 is 5.36. The van der Waals surface area contributed by atoms with E-state index in [0.717, 1.165) is 0 Å². The summed E-state index contributed by atoms with van der Waals surface area (Å²) in [6.45, 7) is 9.73. The van der Waals surface area contributed by atoms with Crippen LogP contribution in [0, 0.1) is 22.7 Å². The molecule has 2 heterocycles. The number of nitrogens with one attached hydrogen (secondary N) is 4. The average molecular weight is 516 g/mol. The minimum Gasteiger partial charge on any atom is -0.496 e. The fourth-order valence-electron chi connectivity index (χ4n) is 4.61. The van der Waals surface area contributed by atoms with Crippen molar-refractivity contribution in [3.63, 3.8) is 0 Å². The molecule has 1 aliphatic rings. The molecule has 3 amide bonds. The molecule has 9 nitrogen and oxygen atoms in total. The van der Waals surface area contributed by atoms with Crippen molar-refractivity contribution in [1.29, 1.82) is 5.26 Å². The van der Waals surface area contributed by atoms with Crippen molar-refractivity contribution in [2.45, 2.75) is 71.5 Å². The van der Waals surface area contributed by atoms with Crippen molar-refractivity contribution >= 4 is 40.2 Å². The van der Waals surface area contributed by atoms with Crippen LogP contribution in [-0.4, -0.2) is 47.4 Å². The standard InChI is InChI=1S/C26H34ClN5O4/c1-25(2,3)12-20(24(35)29-16(13-28)7-14-11-26(4,5)32-22(14)33)31-23(34)19-10-17-18(30-19)8-15(27)9-21(17)36-6/h8-10,14,16,20,30H,7,11-12H2,1-6H3,(H,29,35)(H,31,34)(H,32,33)/t14?,16-,20?/m0/s1. The van der Waals surface area contributed by atoms with Gasteiger partial charge in [0, 0.05) is 21.9 Å². The maximum atomic E-state index is 13.2. The molecule has 0 aliphatic carbocycles. The first-order chi connectivity index (χ1) is 16.7. The third-order valence-electron chi connectivity index (χ3n) is 6.15. The molecule has 3 atom stereocenters. The van der Waals surface area contributed by atoms with Gasteiger partial charge in [-0.3, -0.25) is 14.4 Å². The topological polar surface area (TPSA) is 136 Å². The second-order valence-electron chi connectivity index (χ2n) is 11.2. The fourth-order valence-corrected chi connectivity index (χ4v) is 4.81. The van der Waals surface area contributed by atoms with Crippen LogP contribution in [0.15, 0.2) is 18.2 Å². The summed E-state index contributed by atoms with van der Waals surface area (Å²) in [5, 5.41) is 19.3. The van der Waals surface area contributed by atoms with Gasteiger partial charge in [-0.05, 0) is 56.7 Å². The Balaban J connectivity index is 1.76. The number of aromatic nitrogens is 1. The normalized spacial score (nSPS) is 18.7. The number of H-pyrrole nitrogens is 1. The number of aromatic amines is 1. The number of amides is 3. The number of benzene rings is 1. The Labute approximate surface area is 216 Å². The zero-order valence-electron chi connectivity index (χ0n) is 21.5. The van der Waals surface area contributed by atoms with Gasteiger partial charge >= 0.3 is 0 Å². The van der Waals surface area contributed by atoms with E-state index in [1.165, 1.54) is 7.11 Å². The number of carbonyl (C=O) groups excluding carboxylic acids is 3. The molecule has 1 fully saturated rings. The van der Waals surface area contributed by atoms with E-state index >= 15 is 0 Å². The van der Waals surface area contributed by atoms with Gasteiger partial charge in [0.05, 0.1) is 18.7 Å². The Bertz CT molecular complexity index is 1210. The van der Waals surface area contributed by atoms with Gasteiger partial charge in [0.15, 0.2) is 0 Å². The van der Waals surface area contributed by atoms with Crippen molar-refractivity contribution in [3.8, 4) is 11.8 Å². The van der Waals surface area contributed by atoms with E-state index in [-0.39, 0.29) is 34.9 Å². The highest BCUT2D eigenvalue weighted by Crippen LogP contribution is 2.31. The maximum absolute atomic E-state index is 13.2. The molecule has 2 unspecified atom stereocenters. The molecular formula is C26H34ClN5O4. The molecule has 36 heavy (non-hydrogen) atoms. The second-order valence-corrected chi connectivity index (χ2v) is 11.7. The highest BCUT2D eigenvalue weighted by Gasteiger charge is 2.39. The van der Waals surface area contributed by atoms with Gasteiger partial charge in [0.25, 0.3) is 5.91 Å². The van der Waals surface area contributed by atoms with Crippen molar-refractivity contribution in [2.75, 3.05) is 7.11 Å². The number of methoxy groups -OCH3 is 1. The summed E-state index contributed by atoms with van der Waals surface area (Å²) in [5.41, 5.74) is 0.243. The van der Waals surface area contributed by atoms with E-state index in [0.29, 0.717) is 34.5 Å². The third-order valence-corrected chi connectivity index (χ3v) is 6.37. The van der Waals surface area contributed by atoms with Crippen LogP contribution in [0.2, 0.25) is 5.02 Å². The SMILES string of the molecule is COc1cc(Cl)cc2[nH]c(C(=O)NC(CC(C)(C)C)C(=O)N[C@H](C#N)CC3CC(C)(C)NC3=O)cc12. The van der Waals surface area contributed by atoms with E-state index in [1.807, 2.05) is 34.6 Å². The quantitative estimate of drug-likeness (QED) is 0.425. The Morgan fingerprint density at radius 2 is 1.97 bits per heavy atom. The van der Waals surface area contributed by atoms with Crippen LogP contribution in [-0.2, 0) is 9.59 Å². The number of carbonyl (C=O) groups is 3. The summed E-state index contributed by atoms with van der Waals surface area (Å²) in [6.07, 6.45) is 1.13. The molecule has 10 heteroatoms. The summed E-state index contributed by atoms with van der Waals surface area (Å²) in [6, 6.07) is 5.33. The molecule has 194 valence electrons.